The van der Waals surface area contributed by atoms with Crippen molar-refractivity contribution in [2.24, 2.45) is 11.8 Å². The minimum Gasteiger partial charge on any atom is -0.256 e. The molecule has 0 unspecified atom stereocenters. The summed E-state index contributed by atoms with van der Waals surface area (Å²) in [4.78, 5) is 9.49. The molecule has 2 fully saturated rings. The van der Waals surface area contributed by atoms with Gasteiger partial charge in [0.15, 0.2) is 0 Å². The van der Waals surface area contributed by atoms with E-state index in [1.54, 1.807) is 5.57 Å². The van der Waals surface area contributed by atoms with Gasteiger partial charge in [-0.15, -0.1) is 0 Å². The molecule has 27 heavy (non-hydrogen) atoms. The largest absolute Gasteiger partial charge is 0.256 e. The van der Waals surface area contributed by atoms with E-state index in [4.69, 9.17) is 9.97 Å². The Kier molecular flexibility index (Phi) is 6.69. The first kappa shape index (κ1) is 18.8. The Balaban J connectivity index is 1.73. The smallest absolute Gasteiger partial charge is 0.0731 e. The zero-order valence-corrected chi connectivity index (χ0v) is 17.2. The van der Waals surface area contributed by atoms with Gasteiger partial charge in [0.25, 0.3) is 0 Å². The molecular weight excluding hydrogens is 347 g/mol. The maximum atomic E-state index is 4.74. The van der Waals surface area contributed by atoms with Crippen molar-refractivity contribution in [1.29, 1.82) is 0 Å². The Labute approximate surface area is 165 Å². The predicted octanol–water partition coefficient (Wildman–Crippen LogP) is 5.95. The lowest BCUT2D eigenvalue weighted by Gasteiger charge is -2.33. The molecule has 0 amide bonds. The number of hydrogen-bond acceptors (Lipinski definition) is 2. The molecule has 2 nitrogen and oxygen atoms in total. The number of aromatic nitrogens is 2. The van der Waals surface area contributed by atoms with E-state index in [-0.39, 0.29) is 0 Å². The molecule has 2 aromatic heterocycles. The van der Waals surface area contributed by atoms with Crippen molar-refractivity contribution in [3.63, 3.8) is 0 Å². The Morgan fingerprint density at radius 3 is 1.59 bits per heavy atom. The van der Waals surface area contributed by atoms with Crippen LogP contribution in [0.25, 0.3) is 0 Å². The molecule has 2 aromatic rings. The second kappa shape index (κ2) is 9.60. The van der Waals surface area contributed by atoms with Gasteiger partial charge in [-0.1, -0.05) is 56.2 Å². The fourth-order valence-corrected chi connectivity index (χ4v) is 6.90. The monoisotopic (exact) mass is 378 g/mol. The highest BCUT2D eigenvalue weighted by Gasteiger charge is 2.28. The van der Waals surface area contributed by atoms with Crippen LogP contribution in [-0.2, 0) is 0 Å². The van der Waals surface area contributed by atoms with E-state index >= 15 is 0 Å². The highest BCUT2D eigenvalue weighted by atomic mass is 31.1. The maximum Gasteiger partial charge on any atom is 0.0731 e. The van der Waals surface area contributed by atoms with Crippen molar-refractivity contribution < 1.29 is 0 Å². The second-order valence-electron chi connectivity index (χ2n) is 8.04. The van der Waals surface area contributed by atoms with E-state index in [0.29, 0.717) is 0 Å². The predicted molar refractivity (Wildman–Crippen MR) is 116 cm³/mol. The van der Waals surface area contributed by atoms with Gasteiger partial charge in [0.05, 0.1) is 10.9 Å². The van der Waals surface area contributed by atoms with Crippen molar-refractivity contribution in [2.45, 2.75) is 64.2 Å². The third-order valence-corrected chi connectivity index (χ3v) is 8.30. The van der Waals surface area contributed by atoms with E-state index < -0.39 is 7.92 Å². The highest BCUT2D eigenvalue weighted by molar-refractivity contribution is 7.75. The molecule has 4 rings (SSSR count). The zero-order chi connectivity index (χ0) is 18.3. The number of rotatable bonds is 5. The van der Waals surface area contributed by atoms with E-state index in [0.717, 1.165) is 11.8 Å². The summed E-state index contributed by atoms with van der Waals surface area (Å²) >= 11 is 0. The van der Waals surface area contributed by atoms with Gasteiger partial charge in [-0.05, 0) is 67.6 Å². The standard InChI is InChI=1S/C24H31N2P/c1-3-11-20(12-4-1)22(21-13-5-2-6-14-21)19-27(23-15-7-9-17-25-23)24-16-8-10-18-26-24/h7-10,15-21H,1-6,11-14H2. The molecule has 2 saturated carbocycles. The van der Waals surface area contributed by atoms with E-state index in [1.165, 1.54) is 75.1 Å². The van der Waals surface area contributed by atoms with Crippen LogP contribution in [0, 0.1) is 11.8 Å². The Hall–Kier alpha value is -1.53. The first-order valence-corrected chi connectivity index (χ1v) is 12.2. The molecule has 2 aliphatic carbocycles. The minimum absolute atomic E-state index is 0.624. The number of allylic oxidation sites excluding steroid dienone is 1. The Bertz CT molecular complexity index is 657. The lowest BCUT2D eigenvalue weighted by molar-refractivity contribution is 0.327. The Morgan fingerprint density at radius 2 is 1.19 bits per heavy atom. The third kappa shape index (κ3) is 4.85. The van der Waals surface area contributed by atoms with Gasteiger partial charge in [-0.3, -0.25) is 9.97 Å². The molecule has 2 aliphatic rings. The molecule has 0 atom stereocenters. The van der Waals surface area contributed by atoms with Gasteiger partial charge in [0.1, 0.15) is 0 Å². The SMILES string of the molecule is C(=C(C1CCCCC1)C1CCCCC1)P(c1ccccn1)c1ccccn1. The summed E-state index contributed by atoms with van der Waals surface area (Å²) in [5, 5.41) is 0. The summed E-state index contributed by atoms with van der Waals surface area (Å²) in [6.45, 7) is 0. The van der Waals surface area contributed by atoms with Crippen LogP contribution in [-0.4, -0.2) is 9.97 Å². The van der Waals surface area contributed by atoms with E-state index in [1.807, 2.05) is 24.5 Å². The highest BCUT2D eigenvalue weighted by Crippen LogP contribution is 2.45. The average Bonchev–Trinajstić information content (AvgIpc) is 2.77. The maximum absolute atomic E-state index is 4.74. The van der Waals surface area contributed by atoms with Crippen LogP contribution < -0.4 is 10.9 Å². The average molecular weight is 378 g/mol. The van der Waals surface area contributed by atoms with Gasteiger partial charge in [0.2, 0.25) is 0 Å². The second-order valence-corrected chi connectivity index (χ2v) is 9.96. The van der Waals surface area contributed by atoms with Crippen LogP contribution in [0.2, 0.25) is 0 Å². The Morgan fingerprint density at radius 1 is 0.704 bits per heavy atom. The minimum atomic E-state index is -0.624. The fourth-order valence-electron chi connectivity index (χ4n) is 4.81. The van der Waals surface area contributed by atoms with Crippen molar-refractivity contribution in [3.05, 3.63) is 60.2 Å². The van der Waals surface area contributed by atoms with Gasteiger partial charge in [-0.2, -0.15) is 0 Å². The quantitative estimate of drug-likeness (QED) is 0.601. The number of nitrogens with zero attached hydrogens (tertiary/aromatic N) is 2. The van der Waals surface area contributed by atoms with Crippen LogP contribution in [0.5, 0.6) is 0 Å². The molecule has 3 heteroatoms. The normalized spacial score (nSPS) is 19.1. The lowest BCUT2D eigenvalue weighted by Crippen LogP contribution is -2.21. The van der Waals surface area contributed by atoms with Crippen LogP contribution in [0.1, 0.15) is 64.2 Å². The lowest BCUT2D eigenvalue weighted by atomic mass is 9.74. The van der Waals surface area contributed by atoms with Crippen LogP contribution in [0.15, 0.2) is 60.2 Å². The fraction of sp³-hybridized carbons (Fsp3) is 0.500. The summed E-state index contributed by atoms with van der Waals surface area (Å²) in [6.07, 6.45) is 17.9. The molecule has 0 bridgehead atoms. The first-order chi connectivity index (χ1) is 13.4. The van der Waals surface area contributed by atoms with Crippen molar-refractivity contribution >= 4 is 18.8 Å². The summed E-state index contributed by atoms with van der Waals surface area (Å²) in [7, 11) is -0.624. The van der Waals surface area contributed by atoms with Gasteiger partial charge >= 0.3 is 0 Å². The molecule has 0 saturated heterocycles. The molecule has 0 N–H and O–H groups in total. The number of hydrogen-bond donors (Lipinski definition) is 0. The summed E-state index contributed by atoms with van der Waals surface area (Å²) in [5.74, 6) is 4.23. The van der Waals surface area contributed by atoms with Crippen molar-refractivity contribution in [2.75, 3.05) is 0 Å². The van der Waals surface area contributed by atoms with Crippen LogP contribution in [0.4, 0.5) is 0 Å². The summed E-state index contributed by atoms with van der Waals surface area (Å²) in [6, 6.07) is 12.7. The topological polar surface area (TPSA) is 25.8 Å². The summed E-state index contributed by atoms with van der Waals surface area (Å²) in [5.41, 5.74) is 4.14. The molecule has 142 valence electrons. The molecule has 0 aliphatic heterocycles. The van der Waals surface area contributed by atoms with Gasteiger partial charge < -0.3 is 0 Å². The van der Waals surface area contributed by atoms with Gasteiger partial charge in [-0.25, -0.2) is 0 Å². The van der Waals surface area contributed by atoms with Crippen LogP contribution in [0.3, 0.4) is 0 Å². The van der Waals surface area contributed by atoms with Gasteiger partial charge in [0, 0.05) is 20.3 Å². The molecular formula is C24H31N2P. The molecule has 0 spiro atoms. The van der Waals surface area contributed by atoms with Crippen molar-refractivity contribution in [1.82, 2.24) is 9.97 Å². The third-order valence-electron chi connectivity index (χ3n) is 6.22. The van der Waals surface area contributed by atoms with E-state index in [2.05, 4.69) is 30.1 Å². The molecule has 2 heterocycles. The first-order valence-electron chi connectivity index (χ1n) is 10.7. The van der Waals surface area contributed by atoms with Crippen molar-refractivity contribution in [3.8, 4) is 0 Å². The molecule has 0 aromatic carbocycles. The van der Waals surface area contributed by atoms with Crippen LogP contribution >= 0.6 is 7.92 Å². The number of pyridine rings is 2. The molecule has 0 radical (unpaired) electrons. The van der Waals surface area contributed by atoms with E-state index in [9.17, 15) is 0 Å². The summed E-state index contributed by atoms with van der Waals surface area (Å²) < 4.78 is 0. The zero-order valence-electron chi connectivity index (χ0n) is 16.3.